The Morgan fingerprint density at radius 3 is 2.67 bits per heavy atom. The van der Waals surface area contributed by atoms with Gasteiger partial charge in [0.1, 0.15) is 4.99 Å². The highest BCUT2D eigenvalue weighted by atomic mass is 32.1. The van der Waals surface area contributed by atoms with Crippen LogP contribution in [-0.2, 0) is 11.3 Å². The Hall–Kier alpha value is -0.930. The molecule has 0 amide bonds. The van der Waals surface area contributed by atoms with Crippen LogP contribution in [0.2, 0.25) is 0 Å². The van der Waals surface area contributed by atoms with Crippen molar-refractivity contribution >= 4 is 17.2 Å². The molecule has 0 radical (unpaired) electrons. The summed E-state index contributed by atoms with van der Waals surface area (Å²) in [5.74, 6) is 0.750. The number of aryl methyl sites for hydroxylation is 1. The van der Waals surface area contributed by atoms with E-state index in [-0.39, 0.29) is 0 Å². The predicted octanol–water partition coefficient (Wildman–Crippen LogP) is 3.58. The van der Waals surface area contributed by atoms with Crippen LogP contribution in [0.5, 0.6) is 0 Å². The molecule has 0 aliphatic carbocycles. The highest BCUT2D eigenvalue weighted by Gasteiger charge is 2.02. The zero-order valence-electron chi connectivity index (χ0n) is 11.5. The van der Waals surface area contributed by atoms with E-state index in [1.807, 2.05) is 18.2 Å². The summed E-state index contributed by atoms with van der Waals surface area (Å²) in [5.41, 5.74) is 8.92. The molecule has 0 unspecified atom stereocenters. The van der Waals surface area contributed by atoms with E-state index in [1.165, 1.54) is 17.5 Å². The first-order valence-corrected chi connectivity index (χ1v) is 6.88. The molecule has 2 nitrogen and oxygen atoms in total. The fourth-order valence-corrected chi connectivity index (χ4v) is 1.91. The molecule has 0 saturated heterocycles. The number of thiocarbonyl (C=S) groups is 1. The van der Waals surface area contributed by atoms with E-state index in [9.17, 15) is 0 Å². The van der Waals surface area contributed by atoms with Gasteiger partial charge in [0.2, 0.25) is 0 Å². The lowest BCUT2D eigenvalue weighted by atomic mass is 10.1. The van der Waals surface area contributed by atoms with E-state index in [0.29, 0.717) is 11.6 Å². The fourth-order valence-electron chi connectivity index (χ4n) is 1.79. The van der Waals surface area contributed by atoms with Crippen molar-refractivity contribution in [2.45, 2.75) is 40.2 Å². The largest absolute Gasteiger partial charge is 0.389 e. The second-order valence-electron chi connectivity index (χ2n) is 5.09. The van der Waals surface area contributed by atoms with Gasteiger partial charge in [-0.25, -0.2) is 0 Å². The van der Waals surface area contributed by atoms with Crippen LogP contribution in [-0.4, -0.2) is 11.6 Å². The van der Waals surface area contributed by atoms with Gasteiger partial charge in [-0.3, -0.25) is 0 Å². The lowest BCUT2D eigenvalue weighted by Crippen LogP contribution is -2.10. The minimum absolute atomic E-state index is 0.447. The Kier molecular flexibility index (Phi) is 6.30. The lowest BCUT2D eigenvalue weighted by molar-refractivity contribution is 0.114. The average Bonchev–Trinajstić information content (AvgIpc) is 2.29. The van der Waals surface area contributed by atoms with Crippen LogP contribution in [0.4, 0.5) is 0 Å². The van der Waals surface area contributed by atoms with Gasteiger partial charge >= 0.3 is 0 Å². The van der Waals surface area contributed by atoms with Crippen molar-refractivity contribution in [3.05, 3.63) is 34.9 Å². The van der Waals surface area contributed by atoms with E-state index in [1.54, 1.807) is 0 Å². The number of benzene rings is 1. The van der Waals surface area contributed by atoms with Gasteiger partial charge in [0.25, 0.3) is 0 Å². The summed E-state index contributed by atoms with van der Waals surface area (Å²) in [5, 5.41) is 0. The van der Waals surface area contributed by atoms with Crippen molar-refractivity contribution in [2.24, 2.45) is 11.7 Å². The molecule has 18 heavy (non-hydrogen) atoms. The SMILES string of the molecule is Cc1cc(C(N)=S)ccc1COCCCC(C)C. The minimum atomic E-state index is 0.447. The van der Waals surface area contributed by atoms with Crippen molar-refractivity contribution in [1.29, 1.82) is 0 Å². The van der Waals surface area contributed by atoms with Crippen LogP contribution in [0.25, 0.3) is 0 Å². The Bertz CT molecular complexity index is 401. The molecule has 0 spiro atoms. The maximum atomic E-state index is 5.69. The fraction of sp³-hybridized carbons (Fsp3) is 0.533. The Balaban J connectivity index is 2.41. The Morgan fingerprint density at radius 1 is 1.39 bits per heavy atom. The van der Waals surface area contributed by atoms with Crippen molar-refractivity contribution in [3.63, 3.8) is 0 Å². The summed E-state index contributed by atoms with van der Waals surface area (Å²) in [6.07, 6.45) is 2.35. The van der Waals surface area contributed by atoms with Crippen LogP contribution in [0.3, 0.4) is 0 Å². The first kappa shape index (κ1) is 15.1. The molecule has 0 aliphatic rings. The van der Waals surface area contributed by atoms with Crippen LogP contribution in [0.15, 0.2) is 18.2 Å². The maximum absolute atomic E-state index is 5.69. The third kappa shape index (κ3) is 5.15. The van der Waals surface area contributed by atoms with Gasteiger partial charge in [0, 0.05) is 12.2 Å². The highest BCUT2D eigenvalue weighted by Crippen LogP contribution is 2.13. The second-order valence-corrected chi connectivity index (χ2v) is 5.53. The number of rotatable bonds is 7. The van der Waals surface area contributed by atoms with Gasteiger partial charge in [-0.1, -0.05) is 38.2 Å². The summed E-state index contributed by atoms with van der Waals surface area (Å²) in [7, 11) is 0. The minimum Gasteiger partial charge on any atom is -0.389 e. The van der Waals surface area contributed by atoms with Crippen molar-refractivity contribution in [3.8, 4) is 0 Å². The van der Waals surface area contributed by atoms with E-state index >= 15 is 0 Å². The van der Waals surface area contributed by atoms with Crippen LogP contribution in [0.1, 0.15) is 43.4 Å². The third-order valence-corrected chi connectivity index (χ3v) is 3.19. The molecule has 3 heteroatoms. The summed E-state index contributed by atoms with van der Waals surface area (Å²) in [6, 6.07) is 6.03. The molecule has 1 aromatic carbocycles. The lowest BCUT2D eigenvalue weighted by Gasteiger charge is -2.09. The summed E-state index contributed by atoms with van der Waals surface area (Å²) in [6.45, 7) is 8.03. The molecule has 100 valence electrons. The summed E-state index contributed by atoms with van der Waals surface area (Å²) in [4.78, 5) is 0.447. The molecule has 0 aliphatic heterocycles. The number of hydrogen-bond acceptors (Lipinski definition) is 2. The Labute approximate surface area is 116 Å². The number of nitrogens with two attached hydrogens (primary N) is 1. The third-order valence-electron chi connectivity index (χ3n) is 2.95. The highest BCUT2D eigenvalue weighted by molar-refractivity contribution is 7.80. The molecule has 2 N–H and O–H groups in total. The van der Waals surface area contributed by atoms with Crippen LogP contribution < -0.4 is 5.73 Å². The van der Waals surface area contributed by atoms with Gasteiger partial charge in [0.05, 0.1) is 6.61 Å². The van der Waals surface area contributed by atoms with E-state index in [4.69, 9.17) is 22.7 Å². The first-order valence-electron chi connectivity index (χ1n) is 6.47. The topological polar surface area (TPSA) is 35.2 Å². The van der Waals surface area contributed by atoms with Crippen molar-refractivity contribution in [1.82, 2.24) is 0 Å². The molecule has 0 atom stereocenters. The van der Waals surface area contributed by atoms with Crippen molar-refractivity contribution in [2.75, 3.05) is 6.61 Å². The molecule has 0 fully saturated rings. The quantitative estimate of drug-likeness (QED) is 0.604. The number of hydrogen-bond donors (Lipinski definition) is 1. The standard InChI is InChI=1S/C15H23NOS/c1-11(2)5-4-8-17-10-14-7-6-13(15(16)18)9-12(14)3/h6-7,9,11H,4-5,8,10H2,1-3H3,(H2,16,18). The molecule has 1 aromatic rings. The van der Waals surface area contributed by atoms with E-state index < -0.39 is 0 Å². The summed E-state index contributed by atoms with van der Waals surface area (Å²) < 4.78 is 5.69. The monoisotopic (exact) mass is 265 g/mol. The summed E-state index contributed by atoms with van der Waals surface area (Å²) >= 11 is 4.96. The maximum Gasteiger partial charge on any atom is 0.103 e. The second kappa shape index (κ2) is 7.49. The van der Waals surface area contributed by atoms with E-state index in [0.717, 1.165) is 24.5 Å². The smallest absolute Gasteiger partial charge is 0.103 e. The first-order chi connectivity index (χ1) is 8.50. The van der Waals surface area contributed by atoms with Gasteiger partial charge in [-0.05, 0) is 42.9 Å². The van der Waals surface area contributed by atoms with E-state index in [2.05, 4.69) is 20.8 Å². The average molecular weight is 265 g/mol. The number of ether oxygens (including phenoxy) is 1. The Morgan fingerprint density at radius 2 is 2.11 bits per heavy atom. The molecule has 0 heterocycles. The zero-order chi connectivity index (χ0) is 13.5. The van der Waals surface area contributed by atoms with Gasteiger partial charge in [-0.2, -0.15) is 0 Å². The van der Waals surface area contributed by atoms with Crippen LogP contribution >= 0.6 is 12.2 Å². The molecular formula is C15H23NOS. The van der Waals surface area contributed by atoms with Gasteiger partial charge < -0.3 is 10.5 Å². The van der Waals surface area contributed by atoms with Crippen LogP contribution in [0, 0.1) is 12.8 Å². The molecule has 0 bridgehead atoms. The predicted molar refractivity (Wildman–Crippen MR) is 80.8 cm³/mol. The van der Waals surface area contributed by atoms with Gasteiger partial charge in [-0.15, -0.1) is 0 Å². The zero-order valence-corrected chi connectivity index (χ0v) is 12.3. The molecule has 1 rings (SSSR count). The molecular weight excluding hydrogens is 242 g/mol. The molecule has 0 aromatic heterocycles. The van der Waals surface area contributed by atoms with Crippen molar-refractivity contribution < 1.29 is 4.74 Å². The van der Waals surface area contributed by atoms with Gasteiger partial charge in [0.15, 0.2) is 0 Å². The normalized spacial score (nSPS) is 10.9. The molecule has 0 saturated carbocycles.